The van der Waals surface area contributed by atoms with Gasteiger partial charge >= 0.3 is 0 Å². The fourth-order valence-corrected chi connectivity index (χ4v) is 2.30. The van der Waals surface area contributed by atoms with Gasteiger partial charge in [-0.05, 0) is 29.2 Å². The van der Waals surface area contributed by atoms with Gasteiger partial charge in [0.25, 0.3) is 5.97 Å². The second-order valence-corrected chi connectivity index (χ2v) is 7.21. The van der Waals surface area contributed by atoms with Crippen molar-refractivity contribution in [3.05, 3.63) is 46.5 Å². The van der Waals surface area contributed by atoms with Gasteiger partial charge in [0.1, 0.15) is 18.8 Å². The molecule has 25 heavy (non-hydrogen) atoms. The summed E-state index contributed by atoms with van der Waals surface area (Å²) in [5.74, 6) is -0.833. The summed E-state index contributed by atoms with van der Waals surface area (Å²) in [7, 11) is 0. The van der Waals surface area contributed by atoms with Crippen LogP contribution >= 0.6 is 23.2 Å². The Morgan fingerprint density at radius 1 is 1.32 bits per heavy atom. The molecular weight excluding hydrogens is 365 g/mol. The van der Waals surface area contributed by atoms with Crippen LogP contribution in [0.25, 0.3) is 11.8 Å². The quantitative estimate of drug-likeness (QED) is 0.830. The minimum absolute atomic E-state index is 0.351. The third kappa shape index (κ3) is 6.86. The Morgan fingerprint density at radius 3 is 2.36 bits per heavy atom. The fourth-order valence-electron chi connectivity index (χ4n) is 1.83. The molecule has 0 amide bonds. The van der Waals surface area contributed by atoms with Crippen LogP contribution in [0.5, 0.6) is 0 Å². The van der Waals surface area contributed by atoms with E-state index in [9.17, 15) is 5.11 Å². The highest BCUT2D eigenvalue weighted by atomic mass is 35.5. The van der Waals surface area contributed by atoms with Gasteiger partial charge in [0.05, 0.1) is 5.70 Å². The van der Waals surface area contributed by atoms with Crippen LogP contribution in [-0.4, -0.2) is 37.1 Å². The molecule has 8 heteroatoms. The van der Waals surface area contributed by atoms with Crippen LogP contribution in [0, 0.1) is 5.41 Å². The molecule has 0 bridgehead atoms. The van der Waals surface area contributed by atoms with E-state index < -0.39 is 12.1 Å². The van der Waals surface area contributed by atoms with E-state index in [4.69, 9.17) is 33.1 Å². The molecule has 1 atom stereocenters. The van der Waals surface area contributed by atoms with E-state index in [1.165, 1.54) is 6.33 Å². The van der Waals surface area contributed by atoms with Crippen LogP contribution in [0.2, 0.25) is 10.0 Å². The average molecular weight is 386 g/mol. The summed E-state index contributed by atoms with van der Waals surface area (Å²) in [4.78, 5) is 12.9. The molecule has 2 rings (SSSR count). The van der Waals surface area contributed by atoms with Gasteiger partial charge in [-0.15, -0.1) is 0 Å². The number of aliphatic hydroxyl groups is 1. The molecule has 2 N–H and O–H groups in total. The molecule has 1 heterocycles. The van der Waals surface area contributed by atoms with Crippen LogP contribution in [-0.2, 0) is 4.79 Å². The molecule has 0 saturated heterocycles. The zero-order chi connectivity index (χ0) is 19.2. The normalized spacial score (nSPS) is 13.0. The van der Waals surface area contributed by atoms with Crippen molar-refractivity contribution in [2.24, 2.45) is 5.41 Å². The number of rotatable bonds is 3. The van der Waals surface area contributed by atoms with Crippen molar-refractivity contribution < 1.29 is 15.0 Å². The number of carbonyl (C=O) groups is 1. The molecule has 0 fully saturated rings. The lowest BCUT2D eigenvalue weighted by Crippen LogP contribution is -2.29. The van der Waals surface area contributed by atoms with Crippen LogP contribution in [0.1, 0.15) is 33.3 Å². The van der Waals surface area contributed by atoms with Gasteiger partial charge in [0.2, 0.25) is 0 Å². The number of aliphatic carboxylic acids is 1. The zero-order valence-corrected chi connectivity index (χ0v) is 16.0. The van der Waals surface area contributed by atoms with Gasteiger partial charge in [-0.25, -0.2) is 9.67 Å². The lowest BCUT2D eigenvalue weighted by atomic mass is 9.86. The van der Waals surface area contributed by atoms with Crippen molar-refractivity contribution in [3.63, 3.8) is 0 Å². The average Bonchev–Trinajstić information content (AvgIpc) is 2.98. The molecule has 1 unspecified atom stereocenters. The van der Waals surface area contributed by atoms with E-state index in [2.05, 4.69) is 10.1 Å². The molecule has 6 nitrogen and oxygen atoms in total. The highest BCUT2D eigenvalue weighted by Crippen LogP contribution is 2.30. The van der Waals surface area contributed by atoms with Crippen molar-refractivity contribution in [1.82, 2.24) is 14.8 Å². The van der Waals surface area contributed by atoms with Crippen molar-refractivity contribution in [2.45, 2.75) is 33.8 Å². The Kier molecular flexibility index (Phi) is 7.60. The minimum Gasteiger partial charge on any atom is -0.481 e. The Hall–Kier alpha value is -1.89. The molecule has 1 aromatic carbocycles. The largest absolute Gasteiger partial charge is 0.481 e. The second-order valence-electron chi connectivity index (χ2n) is 6.36. The number of halogens is 2. The number of aromatic nitrogens is 3. The SMILES string of the molecule is CC(=O)O.CC(C)(C)C(O)/C(=C\c1ccc(Cl)cc1Cl)n1cncn1. The van der Waals surface area contributed by atoms with E-state index >= 15 is 0 Å². The van der Waals surface area contributed by atoms with Crippen LogP contribution in [0.15, 0.2) is 30.9 Å². The van der Waals surface area contributed by atoms with Crippen molar-refractivity contribution in [3.8, 4) is 0 Å². The maximum atomic E-state index is 10.6. The number of carboxylic acid groups (broad SMARTS) is 1. The topological polar surface area (TPSA) is 88.2 Å². The maximum absolute atomic E-state index is 10.6. The highest BCUT2D eigenvalue weighted by Gasteiger charge is 2.27. The first-order valence-electron chi connectivity index (χ1n) is 7.41. The van der Waals surface area contributed by atoms with Crippen molar-refractivity contribution >= 4 is 40.9 Å². The molecule has 0 radical (unpaired) electrons. The van der Waals surface area contributed by atoms with E-state index in [-0.39, 0.29) is 5.41 Å². The van der Waals surface area contributed by atoms with Gasteiger partial charge in [0.15, 0.2) is 0 Å². The van der Waals surface area contributed by atoms with E-state index in [1.807, 2.05) is 20.8 Å². The first-order valence-corrected chi connectivity index (χ1v) is 8.17. The maximum Gasteiger partial charge on any atom is 0.300 e. The third-order valence-electron chi connectivity index (χ3n) is 3.05. The molecule has 0 aliphatic rings. The summed E-state index contributed by atoms with van der Waals surface area (Å²) in [6.45, 7) is 6.93. The molecule has 1 aromatic heterocycles. The van der Waals surface area contributed by atoms with Gasteiger partial charge in [-0.3, -0.25) is 4.79 Å². The number of hydrogen-bond acceptors (Lipinski definition) is 4. The third-order valence-corrected chi connectivity index (χ3v) is 3.61. The number of carboxylic acids is 1. The summed E-state index contributed by atoms with van der Waals surface area (Å²) in [5, 5.41) is 23.2. The first kappa shape index (κ1) is 21.2. The Balaban J connectivity index is 0.000000705. The predicted molar refractivity (Wildman–Crippen MR) is 99.4 cm³/mol. The van der Waals surface area contributed by atoms with Gasteiger partial charge in [-0.1, -0.05) is 50.0 Å². The number of nitrogens with zero attached hydrogens (tertiary/aromatic N) is 3. The standard InChI is InChI=1S/C15H17Cl2N3O.C2H4O2/c1-15(2,3)14(21)13(20-9-18-8-19-20)6-10-4-5-11(16)7-12(10)17;1-2(3)4/h4-9,14,21H,1-3H3;1H3,(H,3,4)/b13-6+;. The predicted octanol–water partition coefficient (Wildman–Crippen LogP) is 4.08. The molecule has 0 aliphatic carbocycles. The Morgan fingerprint density at radius 2 is 1.92 bits per heavy atom. The van der Waals surface area contributed by atoms with Crippen LogP contribution in [0.4, 0.5) is 0 Å². The van der Waals surface area contributed by atoms with Crippen LogP contribution < -0.4 is 0 Å². The monoisotopic (exact) mass is 385 g/mol. The van der Waals surface area contributed by atoms with Gasteiger partial charge in [-0.2, -0.15) is 5.10 Å². The summed E-state index contributed by atoms with van der Waals surface area (Å²) in [6, 6.07) is 5.22. The molecule has 2 aromatic rings. The van der Waals surface area contributed by atoms with Crippen molar-refractivity contribution in [2.75, 3.05) is 0 Å². The Labute approximate surface area is 156 Å². The fraction of sp³-hybridized carbons (Fsp3) is 0.353. The smallest absolute Gasteiger partial charge is 0.300 e. The number of hydrogen-bond donors (Lipinski definition) is 2. The summed E-state index contributed by atoms with van der Waals surface area (Å²) >= 11 is 12.1. The Bertz CT molecular complexity index is 734. The molecular formula is C17H21Cl2N3O3. The molecule has 0 spiro atoms. The lowest BCUT2D eigenvalue weighted by molar-refractivity contribution is -0.134. The molecule has 136 valence electrons. The van der Waals surface area contributed by atoms with E-state index in [0.717, 1.165) is 12.5 Å². The second kappa shape index (κ2) is 8.99. The number of aliphatic hydroxyl groups excluding tert-OH is 1. The first-order chi connectivity index (χ1) is 11.5. The van der Waals surface area contributed by atoms with Gasteiger partial charge in [0, 0.05) is 17.0 Å². The molecule has 0 aliphatic heterocycles. The van der Waals surface area contributed by atoms with Gasteiger partial charge < -0.3 is 10.2 Å². The number of benzene rings is 1. The minimum atomic E-state index is -0.833. The van der Waals surface area contributed by atoms with Crippen molar-refractivity contribution in [1.29, 1.82) is 0 Å². The van der Waals surface area contributed by atoms with E-state index in [1.54, 1.807) is 35.3 Å². The zero-order valence-electron chi connectivity index (χ0n) is 14.4. The van der Waals surface area contributed by atoms with E-state index in [0.29, 0.717) is 15.7 Å². The summed E-state index contributed by atoms with van der Waals surface area (Å²) in [5.41, 5.74) is 1.01. The lowest BCUT2D eigenvalue weighted by Gasteiger charge is -2.28. The molecule has 0 saturated carbocycles. The summed E-state index contributed by atoms with van der Waals surface area (Å²) < 4.78 is 1.54. The van der Waals surface area contributed by atoms with Crippen LogP contribution in [0.3, 0.4) is 0 Å². The highest BCUT2D eigenvalue weighted by molar-refractivity contribution is 6.35. The summed E-state index contributed by atoms with van der Waals surface area (Å²) in [6.07, 6.45) is 4.03.